The molecule has 2 rings (SSSR count). The molecule has 0 aliphatic carbocycles. The highest BCUT2D eigenvalue weighted by molar-refractivity contribution is 7.98. The van der Waals surface area contributed by atoms with Crippen molar-refractivity contribution in [3.8, 4) is 11.5 Å². The minimum atomic E-state index is -0.654. The van der Waals surface area contributed by atoms with Gasteiger partial charge in [0.25, 0.3) is 5.91 Å². The first-order chi connectivity index (χ1) is 11.0. The number of anilines is 1. The molecule has 4 nitrogen and oxygen atoms in total. The monoisotopic (exact) mass is 351 g/mol. The molecule has 0 bridgehead atoms. The van der Waals surface area contributed by atoms with Crippen LogP contribution in [0, 0.1) is 0 Å². The fraction of sp³-hybridized carbons (Fsp3) is 0.235. The Bertz CT molecular complexity index is 676. The molecule has 1 N–H and O–H groups in total. The van der Waals surface area contributed by atoms with Gasteiger partial charge in [-0.3, -0.25) is 4.79 Å². The maximum absolute atomic E-state index is 12.3. The van der Waals surface area contributed by atoms with Gasteiger partial charge in [-0.2, -0.15) is 0 Å². The van der Waals surface area contributed by atoms with Crippen LogP contribution in [-0.2, 0) is 4.79 Å². The van der Waals surface area contributed by atoms with Gasteiger partial charge in [0.2, 0.25) is 0 Å². The first kappa shape index (κ1) is 17.5. The van der Waals surface area contributed by atoms with Gasteiger partial charge in [-0.15, -0.1) is 11.8 Å². The van der Waals surface area contributed by atoms with E-state index in [2.05, 4.69) is 5.32 Å². The zero-order valence-electron chi connectivity index (χ0n) is 13.1. The molecule has 0 heterocycles. The molecule has 0 spiro atoms. The van der Waals surface area contributed by atoms with Crippen LogP contribution in [0.3, 0.4) is 0 Å². The topological polar surface area (TPSA) is 47.6 Å². The maximum atomic E-state index is 12.3. The highest BCUT2D eigenvalue weighted by atomic mass is 35.5. The van der Waals surface area contributed by atoms with Crippen LogP contribution in [-0.4, -0.2) is 25.4 Å². The number of carbonyl (C=O) groups excluding carboxylic acids is 1. The number of halogens is 1. The third-order valence-corrected chi connectivity index (χ3v) is 4.14. The summed E-state index contributed by atoms with van der Waals surface area (Å²) in [5, 5.41) is 3.28. The number of thioether (sulfide) groups is 1. The van der Waals surface area contributed by atoms with Crippen LogP contribution in [0.5, 0.6) is 11.5 Å². The Balaban J connectivity index is 2.03. The zero-order valence-corrected chi connectivity index (χ0v) is 14.7. The fourth-order valence-electron chi connectivity index (χ4n) is 1.92. The van der Waals surface area contributed by atoms with Crippen LogP contribution in [0.1, 0.15) is 6.92 Å². The van der Waals surface area contributed by atoms with Gasteiger partial charge in [0.05, 0.1) is 12.8 Å². The molecule has 0 unspecified atom stereocenters. The van der Waals surface area contributed by atoms with Crippen molar-refractivity contribution in [2.24, 2.45) is 0 Å². The summed E-state index contributed by atoms with van der Waals surface area (Å²) in [5.74, 6) is 0.905. The van der Waals surface area contributed by atoms with Gasteiger partial charge in [-0.25, -0.2) is 0 Å². The van der Waals surface area contributed by atoms with Gasteiger partial charge in [0.15, 0.2) is 6.10 Å². The van der Waals surface area contributed by atoms with E-state index in [-0.39, 0.29) is 5.91 Å². The Kier molecular flexibility index (Phi) is 6.19. The summed E-state index contributed by atoms with van der Waals surface area (Å²) in [4.78, 5) is 13.4. The molecule has 0 aliphatic rings. The smallest absolute Gasteiger partial charge is 0.265 e. The lowest BCUT2D eigenvalue weighted by atomic mass is 10.2. The largest absolute Gasteiger partial charge is 0.495 e. The van der Waals surface area contributed by atoms with Crippen molar-refractivity contribution >= 4 is 35.0 Å². The van der Waals surface area contributed by atoms with Crippen molar-refractivity contribution in [1.29, 1.82) is 0 Å². The Morgan fingerprint density at radius 1 is 1.22 bits per heavy atom. The summed E-state index contributed by atoms with van der Waals surface area (Å²) in [6, 6.07) is 12.6. The summed E-state index contributed by atoms with van der Waals surface area (Å²) in [6.07, 6.45) is 1.35. The molecule has 0 saturated carbocycles. The van der Waals surface area contributed by atoms with Crippen molar-refractivity contribution in [3.05, 3.63) is 47.5 Å². The summed E-state index contributed by atoms with van der Waals surface area (Å²) >= 11 is 7.60. The Morgan fingerprint density at radius 2 is 1.91 bits per heavy atom. The summed E-state index contributed by atoms with van der Waals surface area (Å²) in [5.41, 5.74) is 0.512. The number of amides is 1. The zero-order chi connectivity index (χ0) is 16.8. The molecule has 1 atom stereocenters. The number of rotatable bonds is 6. The molecule has 122 valence electrons. The highest BCUT2D eigenvalue weighted by Gasteiger charge is 2.17. The van der Waals surface area contributed by atoms with E-state index in [0.717, 1.165) is 4.90 Å². The first-order valence-corrected chi connectivity index (χ1v) is 8.59. The fourth-order valence-corrected chi connectivity index (χ4v) is 2.50. The SMILES string of the molecule is COc1ccc(Cl)cc1NC(=O)[C@H](C)Oc1ccc(SC)cc1. The number of hydrogen-bond donors (Lipinski definition) is 1. The Labute approximate surface area is 145 Å². The van der Waals surface area contributed by atoms with Crippen molar-refractivity contribution in [3.63, 3.8) is 0 Å². The van der Waals surface area contributed by atoms with Crippen LogP contribution in [0.15, 0.2) is 47.4 Å². The van der Waals surface area contributed by atoms with E-state index in [9.17, 15) is 4.79 Å². The Hall–Kier alpha value is -1.85. The third kappa shape index (κ3) is 4.81. The van der Waals surface area contributed by atoms with Crippen molar-refractivity contribution in [1.82, 2.24) is 0 Å². The molecule has 23 heavy (non-hydrogen) atoms. The summed E-state index contributed by atoms with van der Waals surface area (Å²) < 4.78 is 10.9. The van der Waals surface area contributed by atoms with Crippen LogP contribution < -0.4 is 14.8 Å². The lowest BCUT2D eigenvalue weighted by molar-refractivity contribution is -0.122. The van der Waals surface area contributed by atoms with Crippen LogP contribution in [0.4, 0.5) is 5.69 Å². The average molecular weight is 352 g/mol. The maximum Gasteiger partial charge on any atom is 0.265 e. The minimum Gasteiger partial charge on any atom is -0.495 e. The predicted octanol–water partition coefficient (Wildman–Crippen LogP) is 4.48. The predicted molar refractivity (Wildman–Crippen MR) is 94.9 cm³/mol. The van der Waals surface area contributed by atoms with Gasteiger partial charge >= 0.3 is 0 Å². The van der Waals surface area contributed by atoms with E-state index in [1.54, 1.807) is 36.9 Å². The Morgan fingerprint density at radius 3 is 2.52 bits per heavy atom. The standard InChI is InChI=1S/C17H18ClNO3S/c1-11(22-13-5-7-14(23-3)8-6-13)17(20)19-15-10-12(18)4-9-16(15)21-2/h4-11H,1-3H3,(H,19,20)/t11-/m0/s1. The second kappa shape index (κ2) is 8.13. The summed E-state index contributed by atoms with van der Waals surface area (Å²) in [7, 11) is 1.53. The quantitative estimate of drug-likeness (QED) is 0.780. The normalized spacial score (nSPS) is 11.7. The summed E-state index contributed by atoms with van der Waals surface area (Å²) in [6.45, 7) is 1.69. The van der Waals surface area contributed by atoms with Crippen molar-refractivity contribution in [2.45, 2.75) is 17.9 Å². The molecular weight excluding hydrogens is 334 g/mol. The third-order valence-electron chi connectivity index (χ3n) is 3.16. The molecule has 2 aromatic rings. The molecule has 6 heteroatoms. The number of carbonyl (C=O) groups is 1. The van der Waals surface area contributed by atoms with E-state index < -0.39 is 6.10 Å². The van der Waals surface area contributed by atoms with Gasteiger partial charge in [-0.05, 0) is 55.6 Å². The number of methoxy groups -OCH3 is 1. The molecule has 0 aliphatic heterocycles. The van der Waals surface area contributed by atoms with Crippen molar-refractivity contribution in [2.75, 3.05) is 18.7 Å². The van der Waals surface area contributed by atoms with Gasteiger partial charge in [0.1, 0.15) is 11.5 Å². The highest BCUT2D eigenvalue weighted by Crippen LogP contribution is 2.28. The lowest BCUT2D eigenvalue weighted by Crippen LogP contribution is -2.30. The minimum absolute atomic E-state index is 0.278. The van der Waals surface area contributed by atoms with Crippen LogP contribution >= 0.6 is 23.4 Å². The second-order valence-corrected chi connectivity index (χ2v) is 6.09. The average Bonchev–Trinajstić information content (AvgIpc) is 2.55. The second-order valence-electron chi connectivity index (χ2n) is 4.77. The molecule has 1 amide bonds. The number of ether oxygens (including phenoxy) is 2. The van der Waals surface area contributed by atoms with Crippen LogP contribution in [0.2, 0.25) is 5.02 Å². The van der Waals surface area contributed by atoms with E-state index in [1.165, 1.54) is 7.11 Å². The number of hydrogen-bond acceptors (Lipinski definition) is 4. The number of benzene rings is 2. The molecule has 0 radical (unpaired) electrons. The van der Waals surface area contributed by atoms with Gasteiger partial charge < -0.3 is 14.8 Å². The van der Waals surface area contributed by atoms with E-state index in [1.807, 2.05) is 30.5 Å². The van der Waals surface area contributed by atoms with Gasteiger partial charge in [0, 0.05) is 9.92 Å². The molecule has 0 fully saturated rings. The molecule has 2 aromatic carbocycles. The molecule has 0 saturated heterocycles. The van der Waals surface area contributed by atoms with Crippen molar-refractivity contribution < 1.29 is 14.3 Å². The van der Waals surface area contributed by atoms with E-state index in [0.29, 0.717) is 22.2 Å². The van der Waals surface area contributed by atoms with Gasteiger partial charge in [-0.1, -0.05) is 11.6 Å². The van der Waals surface area contributed by atoms with Crippen LogP contribution in [0.25, 0.3) is 0 Å². The molecule has 0 aromatic heterocycles. The van der Waals surface area contributed by atoms with E-state index in [4.69, 9.17) is 21.1 Å². The lowest BCUT2D eigenvalue weighted by Gasteiger charge is -2.16. The number of nitrogens with one attached hydrogen (secondary N) is 1. The molecular formula is C17H18ClNO3S. The van der Waals surface area contributed by atoms with E-state index >= 15 is 0 Å². The first-order valence-electron chi connectivity index (χ1n) is 6.98.